The molecule has 1 unspecified atom stereocenters. The number of carbonyl (C=O) groups is 2. The van der Waals surface area contributed by atoms with Gasteiger partial charge in [0.25, 0.3) is 0 Å². The van der Waals surface area contributed by atoms with Gasteiger partial charge in [-0.3, -0.25) is 9.59 Å². The van der Waals surface area contributed by atoms with Crippen LogP contribution >= 0.6 is 27.7 Å². The SMILES string of the molecule is CC(/C=C/c1ccc(N(C)C)cc1)=N\N=C1/NC(=O)CC(C(=O)Nc2ccc(Br)cc2)S1. The first-order valence-corrected chi connectivity index (χ1v) is 11.6. The summed E-state index contributed by atoms with van der Waals surface area (Å²) in [6.45, 7) is 1.82. The number of amides is 2. The van der Waals surface area contributed by atoms with Gasteiger partial charge in [-0.15, -0.1) is 5.10 Å². The third kappa shape index (κ3) is 7.06. The number of halogens is 1. The van der Waals surface area contributed by atoms with Crippen LogP contribution in [0.25, 0.3) is 6.08 Å². The lowest BCUT2D eigenvalue weighted by atomic mass is 10.2. The van der Waals surface area contributed by atoms with E-state index in [9.17, 15) is 9.59 Å². The molecule has 1 fully saturated rings. The highest BCUT2D eigenvalue weighted by Crippen LogP contribution is 2.23. The summed E-state index contributed by atoms with van der Waals surface area (Å²) in [5, 5.41) is 13.5. The summed E-state index contributed by atoms with van der Waals surface area (Å²) in [7, 11) is 4.00. The van der Waals surface area contributed by atoms with Gasteiger partial charge in [0.1, 0.15) is 5.25 Å². The zero-order valence-corrected chi connectivity index (χ0v) is 20.4. The molecule has 166 valence electrons. The van der Waals surface area contributed by atoms with E-state index >= 15 is 0 Å². The highest BCUT2D eigenvalue weighted by atomic mass is 79.9. The van der Waals surface area contributed by atoms with E-state index in [4.69, 9.17) is 0 Å². The van der Waals surface area contributed by atoms with E-state index in [0.717, 1.165) is 15.7 Å². The van der Waals surface area contributed by atoms with E-state index < -0.39 is 5.25 Å². The number of nitrogens with one attached hydrogen (secondary N) is 2. The van der Waals surface area contributed by atoms with Crippen LogP contribution in [0, 0.1) is 0 Å². The maximum Gasteiger partial charge on any atom is 0.238 e. The normalized spacial score (nSPS) is 18.0. The van der Waals surface area contributed by atoms with Crippen LogP contribution in [0.5, 0.6) is 0 Å². The van der Waals surface area contributed by atoms with Crippen molar-refractivity contribution in [3.05, 3.63) is 64.6 Å². The molecule has 0 radical (unpaired) electrons. The number of carbonyl (C=O) groups excluding carboxylic acids is 2. The minimum absolute atomic E-state index is 0.0809. The fraction of sp³-hybridized carbons (Fsp3) is 0.217. The molecule has 1 aliphatic rings. The lowest BCUT2D eigenvalue weighted by Crippen LogP contribution is -2.41. The van der Waals surface area contributed by atoms with Gasteiger partial charge in [-0.05, 0) is 55.0 Å². The Hall–Kier alpha value is -2.91. The number of thioether (sulfide) groups is 1. The van der Waals surface area contributed by atoms with Crippen molar-refractivity contribution in [3.8, 4) is 0 Å². The molecule has 9 heteroatoms. The molecule has 1 heterocycles. The molecule has 2 N–H and O–H groups in total. The van der Waals surface area contributed by atoms with Crippen LogP contribution in [0.4, 0.5) is 11.4 Å². The number of amidine groups is 1. The Balaban J connectivity index is 1.62. The summed E-state index contributed by atoms with van der Waals surface area (Å²) in [4.78, 5) is 26.7. The first-order valence-electron chi connectivity index (χ1n) is 9.91. The topological polar surface area (TPSA) is 86.2 Å². The van der Waals surface area contributed by atoms with E-state index in [0.29, 0.717) is 16.6 Å². The average molecular weight is 514 g/mol. The van der Waals surface area contributed by atoms with Crippen LogP contribution in [0.1, 0.15) is 18.9 Å². The lowest BCUT2D eigenvalue weighted by molar-refractivity contribution is -0.123. The third-order valence-electron chi connectivity index (χ3n) is 4.50. The molecule has 0 saturated carbocycles. The summed E-state index contributed by atoms with van der Waals surface area (Å²) in [6, 6.07) is 15.4. The Morgan fingerprint density at radius 1 is 1.19 bits per heavy atom. The Labute approximate surface area is 200 Å². The van der Waals surface area contributed by atoms with E-state index in [-0.39, 0.29) is 18.2 Å². The van der Waals surface area contributed by atoms with Gasteiger partial charge >= 0.3 is 0 Å². The summed E-state index contributed by atoms with van der Waals surface area (Å²) >= 11 is 4.55. The van der Waals surface area contributed by atoms with Gasteiger partial charge < -0.3 is 15.5 Å². The standard InChI is InChI=1S/C23H24BrN5O2S/c1-15(4-5-16-6-12-19(13-7-16)29(2)3)27-28-23-26-21(30)14-20(32-23)22(31)25-18-10-8-17(24)9-11-18/h4-13,20H,14H2,1-3H3,(H,25,31)(H,26,28,30)/b5-4+,27-15+. The van der Waals surface area contributed by atoms with Crippen molar-refractivity contribution in [2.75, 3.05) is 24.3 Å². The number of hydrogen-bond acceptors (Lipinski definition) is 6. The summed E-state index contributed by atoms with van der Waals surface area (Å²) in [6.07, 6.45) is 3.87. The zero-order valence-electron chi connectivity index (χ0n) is 18.0. The van der Waals surface area contributed by atoms with Crippen molar-refractivity contribution >= 4 is 67.8 Å². The van der Waals surface area contributed by atoms with Crippen LogP contribution < -0.4 is 15.5 Å². The van der Waals surface area contributed by atoms with Gasteiger partial charge in [0.2, 0.25) is 11.8 Å². The minimum Gasteiger partial charge on any atom is -0.378 e. The van der Waals surface area contributed by atoms with E-state index in [1.165, 1.54) is 11.8 Å². The Morgan fingerprint density at radius 3 is 2.53 bits per heavy atom. The van der Waals surface area contributed by atoms with Gasteiger partial charge in [-0.1, -0.05) is 45.9 Å². The van der Waals surface area contributed by atoms with Crippen molar-refractivity contribution in [1.29, 1.82) is 0 Å². The van der Waals surface area contributed by atoms with Crippen molar-refractivity contribution in [2.24, 2.45) is 10.2 Å². The quantitative estimate of drug-likeness (QED) is 0.439. The smallest absolute Gasteiger partial charge is 0.238 e. The molecule has 2 aromatic rings. The maximum atomic E-state index is 12.6. The van der Waals surface area contributed by atoms with Crippen LogP contribution in [0.3, 0.4) is 0 Å². The fourth-order valence-corrected chi connectivity index (χ4v) is 3.95. The van der Waals surface area contributed by atoms with Gasteiger partial charge in [0.15, 0.2) is 5.17 Å². The number of benzene rings is 2. The molecule has 2 aromatic carbocycles. The maximum absolute atomic E-state index is 12.6. The minimum atomic E-state index is -0.576. The number of rotatable bonds is 6. The molecular formula is C23H24BrN5O2S. The van der Waals surface area contributed by atoms with Gasteiger partial charge in [-0.25, -0.2) is 0 Å². The fourth-order valence-electron chi connectivity index (χ4n) is 2.75. The zero-order chi connectivity index (χ0) is 23.1. The molecule has 1 saturated heterocycles. The molecule has 1 aliphatic heterocycles. The molecule has 3 rings (SSSR count). The Bertz CT molecular complexity index is 1060. The first kappa shape index (κ1) is 23.7. The van der Waals surface area contributed by atoms with Crippen LogP contribution in [-0.2, 0) is 9.59 Å². The molecule has 32 heavy (non-hydrogen) atoms. The molecule has 1 atom stereocenters. The Morgan fingerprint density at radius 2 is 1.88 bits per heavy atom. The van der Waals surface area contributed by atoms with Crippen LogP contribution in [0.15, 0.2) is 69.3 Å². The van der Waals surface area contributed by atoms with Crippen LogP contribution in [0.2, 0.25) is 0 Å². The monoisotopic (exact) mass is 513 g/mol. The second kappa shape index (κ2) is 11.1. The molecule has 0 aromatic heterocycles. The number of allylic oxidation sites excluding steroid dienone is 1. The van der Waals surface area contributed by atoms with Crippen molar-refractivity contribution in [3.63, 3.8) is 0 Å². The molecule has 7 nitrogen and oxygen atoms in total. The van der Waals surface area contributed by atoms with Crippen LogP contribution in [-0.4, -0.2) is 42.0 Å². The average Bonchev–Trinajstić information content (AvgIpc) is 2.77. The highest BCUT2D eigenvalue weighted by molar-refractivity contribution is 9.10. The third-order valence-corrected chi connectivity index (χ3v) is 6.10. The second-order valence-corrected chi connectivity index (χ2v) is 9.43. The molecule has 0 aliphatic carbocycles. The number of nitrogens with zero attached hydrogens (tertiary/aromatic N) is 3. The highest BCUT2D eigenvalue weighted by Gasteiger charge is 2.30. The largest absolute Gasteiger partial charge is 0.378 e. The van der Waals surface area contributed by atoms with E-state index in [2.05, 4.69) is 36.8 Å². The van der Waals surface area contributed by atoms with Gasteiger partial charge in [0.05, 0.1) is 5.71 Å². The first-order chi connectivity index (χ1) is 15.3. The van der Waals surface area contributed by atoms with Crippen molar-refractivity contribution in [2.45, 2.75) is 18.6 Å². The van der Waals surface area contributed by atoms with Crippen molar-refractivity contribution in [1.82, 2.24) is 5.32 Å². The number of anilines is 2. The molecule has 0 spiro atoms. The second-order valence-electron chi connectivity index (χ2n) is 7.32. The predicted molar refractivity (Wildman–Crippen MR) is 137 cm³/mol. The summed E-state index contributed by atoms with van der Waals surface area (Å²) in [5.41, 5.74) is 3.51. The predicted octanol–water partition coefficient (Wildman–Crippen LogP) is 4.52. The summed E-state index contributed by atoms with van der Waals surface area (Å²) < 4.78 is 0.921. The van der Waals surface area contributed by atoms with Crippen molar-refractivity contribution < 1.29 is 9.59 Å². The van der Waals surface area contributed by atoms with Gasteiger partial charge in [0, 0.05) is 36.4 Å². The molecular weight excluding hydrogens is 490 g/mol. The van der Waals surface area contributed by atoms with E-state index in [1.807, 2.05) is 74.5 Å². The summed E-state index contributed by atoms with van der Waals surface area (Å²) in [5.74, 6) is -0.510. The van der Waals surface area contributed by atoms with Gasteiger partial charge in [-0.2, -0.15) is 5.10 Å². The number of hydrogen-bond donors (Lipinski definition) is 2. The Kier molecular flexibility index (Phi) is 8.24. The van der Waals surface area contributed by atoms with E-state index in [1.54, 1.807) is 12.1 Å². The molecule has 2 amide bonds. The lowest BCUT2D eigenvalue weighted by Gasteiger charge is -2.21. The molecule has 0 bridgehead atoms.